The van der Waals surface area contributed by atoms with Crippen LogP contribution in [0.5, 0.6) is 0 Å². The van der Waals surface area contributed by atoms with Gasteiger partial charge in [0.15, 0.2) is 0 Å². The number of methoxy groups -OCH3 is 1. The molecular weight excluding hydrogens is 188 g/mol. The summed E-state index contributed by atoms with van der Waals surface area (Å²) < 4.78 is 4.93. The summed E-state index contributed by atoms with van der Waals surface area (Å²) >= 11 is 5.72. The Morgan fingerprint density at radius 1 is 1.46 bits per heavy atom. The Morgan fingerprint density at radius 2 is 2.08 bits per heavy atom. The van der Waals surface area contributed by atoms with Gasteiger partial charge in [0, 0.05) is 18.6 Å². The van der Waals surface area contributed by atoms with Gasteiger partial charge in [-0.2, -0.15) is 0 Å². The van der Waals surface area contributed by atoms with Crippen molar-refractivity contribution in [3.05, 3.63) is 34.9 Å². The van der Waals surface area contributed by atoms with Crippen LogP contribution in [0.2, 0.25) is 5.02 Å². The molecule has 1 aromatic carbocycles. The van der Waals surface area contributed by atoms with Crippen molar-refractivity contribution in [3.8, 4) is 0 Å². The molecule has 2 nitrogen and oxygen atoms in total. The molecule has 0 saturated heterocycles. The number of carbonyl (C=O) groups is 1. The van der Waals surface area contributed by atoms with Crippen LogP contribution >= 0.6 is 11.6 Å². The molecule has 0 bridgehead atoms. The van der Waals surface area contributed by atoms with Crippen LogP contribution in [-0.2, 0) is 16.0 Å². The summed E-state index contributed by atoms with van der Waals surface area (Å²) in [5.41, 5.74) is 1.04. The molecule has 0 aliphatic carbocycles. The molecule has 0 saturated carbocycles. The van der Waals surface area contributed by atoms with Gasteiger partial charge in [0.1, 0.15) is 12.4 Å². The predicted molar refractivity (Wildman–Crippen MR) is 52.0 cm³/mol. The number of aldehydes is 1. The zero-order chi connectivity index (χ0) is 9.68. The average Bonchev–Trinajstić information content (AvgIpc) is 2.17. The molecule has 1 unspecified atom stereocenters. The van der Waals surface area contributed by atoms with Gasteiger partial charge in [-0.15, -0.1) is 0 Å². The lowest BCUT2D eigenvalue weighted by atomic mass is 10.1. The Hall–Kier alpha value is -0.860. The monoisotopic (exact) mass is 198 g/mol. The molecule has 0 fully saturated rings. The molecule has 0 aliphatic rings. The van der Waals surface area contributed by atoms with Gasteiger partial charge in [-0.05, 0) is 17.7 Å². The van der Waals surface area contributed by atoms with Crippen LogP contribution < -0.4 is 0 Å². The maximum absolute atomic E-state index is 10.5. The second-order valence-electron chi connectivity index (χ2n) is 2.74. The number of hydrogen-bond donors (Lipinski definition) is 0. The summed E-state index contributed by atoms with van der Waals surface area (Å²) in [6, 6.07) is 7.37. The number of rotatable bonds is 4. The summed E-state index contributed by atoms with van der Waals surface area (Å²) in [4.78, 5) is 10.5. The molecule has 13 heavy (non-hydrogen) atoms. The highest BCUT2D eigenvalue weighted by molar-refractivity contribution is 6.30. The van der Waals surface area contributed by atoms with Gasteiger partial charge in [0.25, 0.3) is 0 Å². The normalized spacial score (nSPS) is 12.5. The van der Waals surface area contributed by atoms with Gasteiger partial charge in [0.2, 0.25) is 0 Å². The first-order valence-electron chi connectivity index (χ1n) is 3.99. The SMILES string of the molecule is COC(C=O)Cc1ccc(Cl)cc1. The van der Waals surface area contributed by atoms with Crippen molar-refractivity contribution >= 4 is 17.9 Å². The Labute approximate surface area is 82.5 Å². The van der Waals surface area contributed by atoms with Crippen LogP contribution in [-0.4, -0.2) is 19.5 Å². The molecule has 1 atom stereocenters. The Morgan fingerprint density at radius 3 is 2.54 bits per heavy atom. The molecular formula is C10H11ClO2. The van der Waals surface area contributed by atoms with E-state index in [0.29, 0.717) is 11.4 Å². The van der Waals surface area contributed by atoms with Gasteiger partial charge in [-0.1, -0.05) is 23.7 Å². The number of benzene rings is 1. The predicted octanol–water partition coefficient (Wildman–Crippen LogP) is 2.10. The lowest BCUT2D eigenvalue weighted by molar-refractivity contribution is -0.116. The third-order valence-corrected chi connectivity index (χ3v) is 2.06. The van der Waals surface area contributed by atoms with Gasteiger partial charge in [-0.25, -0.2) is 0 Å². The highest BCUT2D eigenvalue weighted by Crippen LogP contribution is 2.11. The van der Waals surface area contributed by atoms with Crippen LogP contribution in [0.3, 0.4) is 0 Å². The van der Waals surface area contributed by atoms with Crippen LogP contribution in [0.25, 0.3) is 0 Å². The maximum Gasteiger partial charge on any atom is 0.149 e. The first-order valence-corrected chi connectivity index (χ1v) is 4.36. The van der Waals surface area contributed by atoms with E-state index in [9.17, 15) is 4.79 Å². The fourth-order valence-electron chi connectivity index (χ4n) is 1.04. The summed E-state index contributed by atoms with van der Waals surface area (Å²) in [6.07, 6.45) is 1.03. The molecule has 0 spiro atoms. The van der Waals surface area contributed by atoms with Crippen LogP contribution in [0.4, 0.5) is 0 Å². The highest BCUT2D eigenvalue weighted by Gasteiger charge is 2.05. The third kappa shape index (κ3) is 3.17. The molecule has 0 aliphatic heterocycles. The minimum atomic E-state index is -0.360. The van der Waals surface area contributed by atoms with Gasteiger partial charge in [-0.3, -0.25) is 0 Å². The lowest BCUT2D eigenvalue weighted by Crippen LogP contribution is -2.15. The molecule has 0 N–H and O–H groups in total. The first-order chi connectivity index (χ1) is 6.26. The topological polar surface area (TPSA) is 26.3 Å². The zero-order valence-corrected chi connectivity index (χ0v) is 8.12. The second kappa shape index (κ2) is 5.00. The molecule has 3 heteroatoms. The number of carbonyl (C=O) groups excluding carboxylic acids is 1. The Balaban J connectivity index is 2.63. The number of halogens is 1. The molecule has 0 radical (unpaired) electrons. The van der Waals surface area contributed by atoms with E-state index in [2.05, 4.69) is 0 Å². The minimum Gasteiger partial charge on any atom is -0.374 e. The molecule has 1 rings (SSSR count). The van der Waals surface area contributed by atoms with E-state index >= 15 is 0 Å². The van der Waals surface area contributed by atoms with Crippen molar-refractivity contribution in [1.29, 1.82) is 0 Å². The summed E-state index contributed by atoms with van der Waals surface area (Å²) in [5, 5.41) is 0.698. The van der Waals surface area contributed by atoms with E-state index in [0.717, 1.165) is 11.8 Å². The summed E-state index contributed by atoms with van der Waals surface area (Å²) in [7, 11) is 1.52. The van der Waals surface area contributed by atoms with Crippen molar-refractivity contribution in [3.63, 3.8) is 0 Å². The largest absolute Gasteiger partial charge is 0.374 e. The smallest absolute Gasteiger partial charge is 0.149 e. The van der Waals surface area contributed by atoms with E-state index in [4.69, 9.17) is 16.3 Å². The summed E-state index contributed by atoms with van der Waals surface area (Å²) in [5.74, 6) is 0. The molecule has 0 amide bonds. The van der Waals surface area contributed by atoms with Crippen molar-refractivity contribution in [2.75, 3.05) is 7.11 Å². The number of hydrogen-bond acceptors (Lipinski definition) is 2. The van der Waals surface area contributed by atoms with E-state index in [1.165, 1.54) is 7.11 Å². The molecule has 0 aromatic heterocycles. The molecule has 1 aromatic rings. The van der Waals surface area contributed by atoms with Gasteiger partial charge < -0.3 is 9.53 Å². The standard InChI is InChI=1S/C10H11ClO2/c1-13-10(7-12)6-8-2-4-9(11)5-3-8/h2-5,7,10H,6H2,1H3. The zero-order valence-electron chi connectivity index (χ0n) is 7.37. The van der Waals surface area contributed by atoms with E-state index in [1.807, 2.05) is 12.1 Å². The van der Waals surface area contributed by atoms with E-state index < -0.39 is 0 Å². The minimum absolute atomic E-state index is 0.360. The van der Waals surface area contributed by atoms with Crippen LogP contribution in [0, 0.1) is 0 Å². The molecule has 0 heterocycles. The molecule has 70 valence electrons. The van der Waals surface area contributed by atoms with Gasteiger partial charge >= 0.3 is 0 Å². The average molecular weight is 199 g/mol. The second-order valence-corrected chi connectivity index (χ2v) is 3.18. The van der Waals surface area contributed by atoms with E-state index in [-0.39, 0.29) is 6.10 Å². The Kier molecular flexibility index (Phi) is 3.93. The third-order valence-electron chi connectivity index (χ3n) is 1.80. The quantitative estimate of drug-likeness (QED) is 0.693. The fraction of sp³-hybridized carbons (Fsp3) is 0.300. The van der Waals surface area contributed by atoms with Crippen molar-refractivity contribution in [2.45, 2.75) is 12.5 Å². The summed E-state index contributed by atoms with van der Waals surface area (Å²) in [6.45, 7) is 0. The van der Waals surface area contributed by atoms with E-state index in [1.54, 1.807) is 12.1 Å². The van der Waals surface area contributed by atoms with Crippen LogP contribution in [0.1, 0.15) is 5.56 Å². The van der Waals surface area contributed by atoms with Crippen LogP contribution in [0.15, 0.2) is 24.3 Å². The van der Waals surface area contributed by atoms with Crippen molar-refractivity contribution < 1.29 is 9.53 Å². The highest BCUT2D eigenvalue weighted by atomic mass is 35.5. The lowest BCUT2D eigenvalue weighted by Gasteiger charge is -2.07. The fourth-order valence-corrected chi connectivity index (χ4v) is 1.17. The Bertz CT molecular complexity index is 269. The van der Waals surface area contributed by atoms with Gasteiger partial charge in [0.05, 0.1) is 0 Å². The first kappa shape index (κ1) is 10.2. The van der Waals surface area contributed by atoms with Crippen molar-refractivity contribution in [2.24, 2.45) is 0 Å². The maximum atomic E-state index is 10.5. The number of ether oxygens (including phenoxy) is 1. The van der Waals surface area contributed by atoms with Crippen molar-refractivity contribution in [1.82, 2.24) is 0 Å².